The van der Waals surface area contributed by atoms with Crippen LogP contribution in [0.4, 0.5) is 0 Å². The second kappa shape index (κ2) is 5.41. The van der Waals surface area contributed by atoms with Gasteiger partial charge in [-0.2, -0.15) is 0 Å². The Morgan fingerprint density at radius 2 is 2.00 bits per heavy atom. The average Bonchev–Trinajstić information content (AvgIpc) is 1.83. The minimum atomic E-state index is 0.433. The Balaban J connectivity index is 3.40. The molecule has 0 rings (SSSR count). The van der Waals surface area contributed by atoms with Gasteiger partial charge in [0, 0.05) is 17.6 Å². The highest BCUT2D eigenvalue weighted by molar-refractivity contribution is 7.81. The van der Waals surface area contributed by atoms with Gasteiger partial charge in [-0.25, -0.2) is 0 Å². The maximum absolute atomic E-state index is 4.87. The van der Waals surface area contributed by atoms with Crippen LogP contribution >= 0.6 is 12.2 Å². The topological polar surface area (TPSA) is 12.4 Å². The second-order valence-corrected chi connectivity index (χ2v) is 4.95. The van der Waals surface area contributed by atoms with Crippen LogP contribution in [0.2, 0.25) is 0 Å². The summed E-state index contributed by atoms with van der Waals surface area (Å²) in [6.45, 7) is 9.55. The van der Waals surface area contributed by atoms with Gasteiger partial charge in [-0.15, -0.1) is 0 Å². The summed E-state index contributed by atoms with van der Waals surface area (Å²) in [5, 5.41) is 0. The van der Waals surface area contributed by atoms with E-state index in [0.29, 0.717) is 5.41 Å². The van der Waals surface area contributed by atoms with Gasteiger partial charge >= 0.3 is 0 Å². The summed E-state index contributed by atoms with van der Waals surface area (Å²) in [5.41, 5.74) is 0.433. The molecule has 0 fully saturated rings. The molecule has 0 aliphatic carbocycles. The standard InChI is InChI=1S/C10H19NS/c1-9(12)8-11-7-5-6-10(2,3)4/h8H,5-7H2,1-4H3. The van der Waals surface area contributed by atoms with Gasteiger partial charge < -0.3 is 0 Å². The lowest BCUT2D eigenvalue weighted by Gasteiger charge is -2.16. The third kappa shape index (κ3) is 9.76. The van der Waals surface area contributed by atoms with Crippen LogP contribution in [0.5, 0.6) is 0 Å². The Morgan fingerprint density at radius 1 is 1.42 bits per heavy atom. The smallest absolute Gasteiger partial charge is 0.0389 e. The molecule has 0 atom stereocenters. The molecule has 0 N–H and O–H groups in total. The van der Waals surface area contributed by atoms with Crippen LogP contribution in [-0.4, -0.2) is 17.6 Å². The van der Waals surface area contributed by atoms with Crippen molar-refractivity contribution in [2.45, 2.75) is 40.5 Å². The van der Waals surface area contributed by atoms with Crippen LogP contribution in [0.15, 0.2) is 4.99 Å². The Kier molecular flexibility index (Phi) is 5.31. The highest BCUT2D eigenvalue weighted by Gasteiger charge is 2.07. The Hall–Kier alpha value is -0.240. The first-order chi connectivity index (χ1) is 5.42. The van der Waals surface area contributed by atoms with Gasteiger partial charge in [0.1, 0.15) is 0 Å². The van der Waals surface area contributed by atoms with Crippen molar-refractivity contribution in [1.82, 2.24) is 0 Å². The van der Waals surface area contributed by atoms with E-state index in [4.69, 9.17) is 12.2 Å². The molecule has 0 saturated carbocycles. The minimum absolute atomic E-state index is 0.433. The first-order valence-corrected chi connectivity index (χ1v) is 4.83. The number of aliphatic imine (C=N–C) groups is 1. The molecular formula is C10H19NS. The molecule has 0 aliphatic rings. The molecular weight excluding hydrogens is 166 g/mol. The highest BCUT2D eigenvalue weighted by atomic mass is 32.1. The van der Waals surface area contributed by atoms with E-state index in [1.54, 1.807) is 6.21 Å². The summed E-state index contributed by atoms with van der Waals surface area (Å²) in [7, 11) is 0. The van der Waals surface area contributed by atoms with E-state index in [1.807, 2.05) is 6.92 Å². The van der Waals surface area contributed by atoms with Gasteiger partial charge in [0.05, 0.1) is 0 Å². The molecule has 2 heteroatoms. The first kappa shape index (κ1) is 11.8. The van der Waals surface area contributed by atoms with E-state index in [2.05, 4.69) is 25.8 Å². The monoisotopic (exact) mass is 185 g/mol. The molecule has 0 bridgehead atoms. The summed E-state index contributed by atoms with van der Waals surface area (Å²) in [5.74, 6) is 0. The quantitative estimate of drug-likeness (QED) is 0.372. The van der Waals surface area contributed by atoms with Crippen LogP contribution in [0.1, 0.15) is 40.5 Å². The van der Waals surface area contributed by atoms with Crippen LogP contribution < -0.4 is 0 Å². The van der Waals surface area contributed by atoms with Gasteiger partial charge in [-0.3, -0.25) is 4.99 Å². The molecule has 0 aromatic carbocycles. The van der Waals surface area contributed by atoms with Crippen molar-refractivity contribution in [1.29, 1.82) is 0 Å². The van der Waals surface area contributed by atoms with E-state index >= 15 is 0 Å². The third-order valence-corrected chi connectivity index (χ3v) is 1.59. The Bertz CT molecular complexity index is 165. The van der Waals surface area contributed by atoms with Crippen molar-refractivity contribution in [2.24, 2.45) is 10.4 Å². The number of rotatable bonds is 4. The molecule has 0 heterocycles. The molecule has 0 aromatic rings. The number of hydrogen-bond donors (Lipinski definition) is 0. The van der Waals surface area contributed by atoms with E-state index in [9.17, 15) is 0 Å². The van der Waals surface area contributed by atoms with Crippen molar-refractivity contribution >= 4 is 23.3 Å². The molecule has 0 amide bonds. The SMILES string of the molecule is CC(=S)C=NCCCC(C)(C)C. The molecule has 0 radical (unpaired) electrons. The highest BCUT2D eigenvalue weighted by Crippen LogP contribution is 2.19. The van der Waals surface area contributed by atoms with Gasteiger partial charge in [-0.1, -0.05) is 33.0 Å². The van der Waals surface area contributed by atoms with Gasteiger partial charge in [0.25, 0.3) is 0 Å². The minimum Gasteiger partial charge on any atom is -0.292 e. The van der Waals surface area contributed by atoms with E-state index < -0.39 is 0 Å². The van der Waals surface area contributed by atoms with Crippen LogP contribution in [0.25, 0.3) is 0 Å². The average molecular weight is 185 g/mol. The van der Waals surface area contributed by atoms with Crippen LogP contribution in [0.3, 0.4) is 0 Å². The number of thiocarbonyl (C=S) groups is 1. The lowest BCUT2D eigenvalue weighted by atomic mass is 9.91. The van der Waals surface area contributed by atoms with Crippen molar-refractivity contribution in [3.63, 3.8) is 0 Å². The molecule has 0 aliphatic heterocycles. The van der Waals surface area contributed by atoms with Gasteiger partial charge in [-0.05, 0) is 25.2 Å². The molecule has 70 valence electrons. The van der Waals surface area contributed by atoms with Crippen LogP contribution in [-0.2, 0) is 0 Å². The third-order valence-electron chi connectivity index (χ3n) is 1.49. The maximum Gasteiger partial charge on any atom is 0.0389 e. The fourth-order valence-electron chi connectivity index (χ4n) is 0.894. The zero-order valence-electron chi connectivity index (χ0n) is 8.55. The predicted molar refractivity (Wildman–Crippen MR) is 60.3 cm³/mol. The summed E-state index contributed by atoms with van der Waals surface area (Å²) in [4.78, 5) is 5.07. The normalized spacial score (nSPS) is 12.3. The van der Waals surface area contributed by atoms with Crippen molar-refractivity contribution in [3.8, 4) is 0 Å². The largest absolute Gasteiger partial charge is 0.292 e. The fraction of sp³-hybridized carbons (Fsp3) is 0.800. The summed E-state index contributed by atoms with van der Waals surface area (Å²) >= 11 is 4.87. The molecule has 12 heavy (non-hydrogen) atoms. The molecule has 0 spiro atoms. The van der Waals surface area contributed by atoms with Crippen molar-refractivity contribution in [3.05, 3.63) is 0 Å². The second-order valence-electron chi connectivity index (χ2n) is 4.31. The Morgan fingerprint density at radius 3 is 2.42 bits per heavy atom. The predicted octanol–water partition coefficient (Wildman–Crippen LogP) is 3.27. The fourth-order valence-corrected chi connectivity index (χ4v) is 0.968. The van der Waals surface area contributed by atoms with Crippen molar-refractivity contribution < 1.29 is 0 Å². The van der Waals surface area contributed by atoms with Gasteiger partial charge in [0.15, 0.2) is 0 Å². The summed E-state index contributed by atoms with van der Waals surface area (Å²) in [6.07, 6.45) is 4.15. The first-order valence-electron chi connectivity index (χ1n) is 4.42. The van der Waals surface area contributed by atoms with Crippen molar-refractivity contribution in [2.75, 3.05) is 6.54 Å². The molecule has 1 nitrogen and oxygen atoms in total. The van der Waals surface area contributed by atoms with E-state index in [-0.39, 0.29) is 0 Å². The zero-order valence-corrected chi connectivity index (χ0v) is 9.37. The maximum atomic E-state index is 4.87. The summed E-state index contributed by atoms with van der Waals surface area (Å²) < 4.78 is 0. The molecule has 0 aromatic heterocycles. The summed E-state index contributed by atoms with van der Waals surface area (Å²) in [6, 6.07) is 0. The molecule has 0 unspecified atom stereocenters. The Labute approximate surface area is 81.3 Å². The van der Waals surface area contributed by atoms with E-state index in [0.717, 1.165) is 17.8 Å². The lowest BCUT2D eigenvalue weighted by molar-refractivity contribution is 0.368. The van der Waals surface area contributed by atoms with Gasteiger partial charge in [0.2, 0.25) is 0 Å². The van der Waals surface area contributed by atoms with E-state index in [1.165, 1.54) is 6.42 Å². The number of nitrogens with zero attached hydrogens (tertiary/aromatic N) is 1. The number of hydrogen-bond acceptors (Lipinski definition) is 2. The molecule has 0 saturated heterocycles. The zero-order chi connectivity index (χ0) is 9.61. The lowest BCUT2D eigenvalue weighted by Crippen LogP contribution is -2.05. The van der Waals surface area contributed by atoms with Crippen LogP contribution in [0, 0.1) is 5.41 Å².